The van der Waals surface area contributed by atoms with Gasteiger partial charge in [0.2, 0.25) is 0 Å². The first-order chi connectivity index (χ1) is 7.74. The summed E-state index contributed by atoms with van der Waals surface area (Å²) in [6, 6.07) is 4.29. The smallest absolute Gasteiger partial charge is 0.137 e. The van der Waals surface area contributed by atoms with E-state index in [4.69, 9.17) is 4.42 Å². The van der Waals surface area contributed by atoms with Crippen LogP contribution in [0.4, 0.5) is 0 Å². The van der Waals surface area contributed by atoms with Gasteiger partial charge < -0.3 is 9.73 Å². The van der Waals surface area contributed by atoms with Crippen molar-refractivity contribution in [3.8, 4) is 0 Å². The quantitative estimate of drug-likeness (QED) is 0.826. The van der Waals surface area contributed by atoms with Gasteiger partial charge in [-0.2, -0.15) is 5.10 Å². The van der Waals surface area contributed by atoms with Crippen molar-refractivity contribution in [3.63, 3.8) is 0 Å². The lowest BCUT2D eigenvalue weighted by Crippen LogP contribution is -2.30. The zero-order valence-corrected chi connectivity index (χ0v) is 9.55. The number of aryl methyl sites for hydroxylation is 1. The van der Waals surface area contributed by atoms with E-state index in [2.05, 4.69) is 22.3 Å². The molecule has 0 aliphatic carbocycles. The number of furan rings is 1. The average Bonchev–Trinajstić information content (AvgIpc) is 2.87. The largest absolute Gasteiger partial charge is 0.465 e. The van der Waals surface area contributed by atoms with Crippen LogP contribution in [0.3, 0.4) is 0 Å². The lowest BCUT2D eigenvalue weighted by molar-refractivity contribution is 0.408. The zero-order valence-electron chi connectivity index (χ0n) is 9.55. The van der Waals surface area contributed by atoms with Gasteiger partial charge in [-0.3, -0.25) is 4.68 Å². The summed E-state index contributed by atoms with van der Waals surface area (Å²) >= 11 is 0. The Morgan fingerprint density at radius 1 is 1.50 bits per heavy atom. The third kappa shape index (κ3) is 2.93. The van der Waals surface area contributed by atoms with Crippen LogP contribution in [0.2, 0.25) is 0 Å². The monoisotopic (exact) mass is 220 g/mol. The summed E-state index contributed by atoms with van der Waals surface area (Å²) in [5.74, 6) is 1.91. The Balaban J connectivity index is 1.77. The van der Waals surface area contributed by atoms with Crippen LogP contribution < -0.4 is 5.32 Å². The van der Waals surface area contributed by atoms with Crippen LogP contribution in [0.25, 0.3) is 0 Å². The summed E-state index contributed by atoms with van der Waals surface area (Å²) in [7, 11) is 0. The molecule has 2 heterocycles. The van der Waals surface area contributed by atoms with Crippen LogP contribution >= 0.6 is 0 Å². The summed E-state index contributed by atoms with van der Waals surface area (Å²) < 4.78 is 7.28. The van der Waals surface area contributed by atoms with Crippen molar-refractivity contribution in [1.82, 2.24) is 20.1 Å². The van der Waals surface area contributed by atoms with Crippen LogP contribution in [-0.4, -0.2) is 20.8 Å². The third-order valence-corrected chi connectivity index (χ3v) is 2.35. The van der Waals surface area contributed by atoms with E-state index in [0.717, 1.165) is 24.6 Å². The van der Waals surface area contributed by atoms with Crippen LogP contribution in [0, 0.1) is 6.92 Å². The first-order valence-corrected chi connectivity index (χ1v) is 5.35. The Bertz CT molecular complexity index is 421. The van der Waals surface area contributed by atoms with Gasteiger partial charge in [-0.15, -0.1) is 0 Å². The summed E-state index contributed by atoms with van der Waals surface area (Å²) in [4.78, 5) is 3.90. The van der Waals surface area contributed by atoms with Gasteiger partial charge in [-0.1, -0.05) is 0 Å². The molecule has 0 saturated heterocycles. The van der Waals surface area contributed by atoms with E-state index in [1.54, 1.807) is 12.7 Å². The molecule has 0 unspecified atom stereocenters. The van der Waals surface area contributed by atoms with E-state index >= 15 is 0 Å². The van der Waals surface area contributed by atoms with Gasteiger partial charge in [0, 0.05) is 6.04 Å². The second-order valence-electron chi connectivity index (χ2n) is 3.91. The molecule has 0 radical (unpaired) electrons. The van der Waals surface area contributed by atoms with Crippen LogP contribution in [0.5, 0.6) is 0 Å². The maximum Gasteiger partial charge on any atom is 0.137 e. The number of rotatable bonds is 5. The van der Waals surface area contributed by atoms with Crippen LogP contribution in [0.1, 0.15) is 18.4 Å². The minimum absolute atomic E-state index is 0.326. The molecule has 0 amide bonds. The topological polar surface area (TPSA) is 55.9 Å². The normalized spacial score (nSPS) is 12.9. The van der Waals surface area contributed by atoms with Crippen molar-refractivity contribution in [3.05, 3.63) is 36.3 Å². The number of nitrogens with zero attached hydrogens (tertiary/aromatic N) is 3. The molecular formula is C11H16N4O. The highest BCUT2D eigenvalue weighted by atomic mass is 16.3. The van der Waals surface area contributed by atoms with Gasteiger partial charge >= 0.3 is 0 Å². The minimum Gasteiger partial charge on any atom is -0.465 e. The first-order valence-electron chi connectivity index (χ1n) is 5.35. The molecule has 0 aromatic carbocycles. The first kappa shape index (κ1) is 10.9. The molecule has 5 nitrogen and oxygen atoms in total. The number of hydrogen-bond donors (Lipinski definition) is 1. The fourth-order valence-electron chi connectivity index (χ4n) is 1.53. The lowest BCUT2D eigenvalue weighted by atomic mass is 10.3. The molecule has 0 saturated carbocycles. The van der Waals surface area contributed by atoms with Gasteiger partial charge in [-0.25, -0.2) is 4.98 Å². The zero-order chi connectivity index (χ0) is 11.4. The van der Waals surface area contributed by atoms with Crippen molar-refractivity contribution < 1.29 is 4.42 Å². The molecule has 0 bridgehead atoms. The summed E-state index contributed by atoms with van der Waals surface area (Å²) in [6.45, 7) is 5.60. The predicted molar refractivity (Wildman–Crippen MR) is 59.8 cm³/mol. The van der Waals surface area contributed by atoms with Crippen molar-refractivity contribution in [2.45, 2.75) is 33.0 Å². The molecule has 86 valence electrons. The second kappa shape index (κ2) is 4.94. The number of aromatic nitrogens is 3. The minimum atomic E-state index is 0.326. The fourth-order valence-corrected chi connectivity index (χ4v) is 1.53. The highest BCUT2D eigenvalue weighted by molar-refractivity contribution is 5.05. The lowest BCUT2D eigenvalue weighted by Gasteiger charge is -2.12. The Morgan fingerprint density at radius 2 is 2.38 bits per heavy atom. The number of nitrogens with one attached hydrogen (secondary N) is 1. The standard InChI is InChI=1S/C11H16N4O/c1-9(6-15-8-12-7-14-15)13-5-11-4-3-10(2)16-11/h3-4,7-9,13H,5-6H2,1-2H3/t9-/m0/s1. The van der Waals surface area contributed by atoms with Crippen molar-refractivity contribution in [2.24, 2.45) is 0 Å². The molecule has 2 aromatic rings. The van der Waals surface area contributed by atoms with E-state index in [1.165, 1.54) is 0 Å². The van der Waals surface area contributed by atoms with Crippen molar-refractivity contribution in [1.29, 1.82) is 0 Å². The Hall–Kier alpha value is -1.62. The summed E-state index contributed by atoms with van der Waals surface area (Å²) in [6.07, 6.45) is 3.26. The Labute approximate surface area is 94.5 Å². The van der Waals surface area contributed by atoms with Gasteiger partial charge in [0.1, 0.15) is 24.2 Å². The maximum atomic E-state index is 5.47. The van der Waals surface area contributed by atoms with Gasteiger partial charge in [-0.05, 0) is 26.0 Å². The molecular weight excluding hydrogens is 204 g/mol. The molecule has 5 heteroatoms. The van der Waals surface area contributed by atoms with Crippen LogP contribution in [0.15, 0.2) is 29.2 Å². The fraction of sp³-hybridized carbons (Fsp3) is 0.455. The molecule has 0 aliphatic rings. The predicted octanol–water partition coefficient (Wildman–Crippen LogP) is 1.36. The van der Waals surface area contributed by atoms with E-state index in [9.17, 15) is 0 Å². The van der Waals surface area contributed by atoms with E-state index in [1.807, 2.05) is 23.7 Å². The average molecular weight is 220 g/mol. The Kier molecular flexibility index (Phi) is 3.36. The summed E-state index contributed by atoms with van der Waals surface area (Å²) in [5.41, 5.74) is 0. The van der Waals surface area contributed by atoms with Crippen LogP contribution in [-0.2, 0) is 13.1 Å². The van der Waals surface area contributed by atoms with Gasteiger partial charge in [0.05, 0.1) is 13.1 Å². The Morgan fingerprint density at radius 3 is 3.00 bits per heavy atom. The van der Waals surface area contributed by atoms with Crippen molar-refractivity contribution >= 4 is 0 Å². The van der Waals surface area contributed by atoms with Gasteiger partial charge in [0.15, 0.2) is 0 Å². The second-order valence-corrected chi connectivity index (χ2v) is 3.91. The molecule has 1 N–H and O–H groups in total. The molecule has 0 spiro atoms. The van der Waals surface area contributed by atoms with E-state index in [0.29, 0.717) is 6.04 Å². The van der Waals surface area contributed by atoms with E-state index < -0.39 is 0 Å². The highest BCUT2D eigenvalue weighted by Crippen LogP contribution is 2.05. The molecule has 1 atom stereocenters. The van der Waals surface area contributed by atoms with Gasteiger partial charge in [0.25, 0.3) is 0 Å². The summed E-state index contributed by atoms with van der Waals surface area (Å²) in [5, 5.41) is 7.43. The molecule has 2 aromatic heterocycles. The SMILES string of the molecule is Cc1ccc(CN[C@@H](C)Cn2cncn2)o1. The molecule has 0 fully saturated rings. The molecule has 2 rings (SSSR count). The highest BCUT2D eigenvalue weighted by Gasteiger charge is 2.04. The van der Waals surface area contributed by atoms with Crippen molar-refractivity contribution in [2.75, 3.05) is 0 Å². The third-order valence-electron chi connectivity index (χ3n) is 2.35. The maximum absolute atomic E-state index is 5.47. The molecule has 0 aliphatic heterocycles. The number of hydrogen-bond acceptors (Lipinski definition) is 4. The molecule has 16 heavy (non-hydrogen) atoms. The van der Waals surface area contributed by atoms with E-state index in [-0.39, 0.29) is 0 Å².